The Morgan fingerprint density at radius 2 is 1.81 bits per heavy atom. The van der Waals surface area contributed by atoms with Crippen molar-refractivity contribution in [1.82, 2.24) is 0 Å². The van der Waals surface area contributed by atoms with Gasteiger partial charge in [0, 0.05) is 5.38 Å². The monoisotopic (exact) mass is 306 g/mol. The van der Waals surface area contributed by atoms with Crippen molar-refractivity contribution < 1.29 is 0 Å². The highest BCUT2D eigenvalue weighted by molar-refractivity contribution is 6.20. The van der Waals surface area contributed by atoms with Crippen molar-refractivity contribution in [3.63, 3.8) is 0 Å². The summed E-state index contributed by atoms with van der Waals surface area (Å²) < 4.78 is 0. The third-order valence-corrected chi connectivity index (χ3v) is 5.88. The van der Waals surface area contributed by atoms with Crippen LogP contribution in [0.15, 0.2) is 18.2 Å². The maximum absolute atomic E-state index is 6.74. The molecule has 0 N–H and O–H groups in total. The molecule has 0 spiro atoms. The highest BCUT2D eigenvalue weighted by Gasteiger charge is 2.26. The summed E-state index contributed by atoms with van der Waals surface area (Å²) in [7, 11) is 0. The Labute approximate surface area is 136 Å². The Hall–Kier alpha value is -0.490. The molecule has 1 aliphatic rings. The van der Waals surface area contributed by atoms with Gasteiger partial charge in [-0.2, -0.15) is 0 Å². The molecule has 1 heteroatoms. The molecule has 0 saturated heterocycles. The van der Waals surface area contributed by atoms with E-state index < -0.39 is 0 Å². The molecular formula is C20H31Cl. The van der Waals surface area contributed by atoms with Crippen molar-refractivity contribution >= 4 is 11.6 Å². The van der Waals surface area contributed by atoms with Gasteiger partial charge in [0.2, 0.25) is 0 Å². The third-order valence-electron chi connectivity index (χ3n) is 5.37. The predicted molar refractivity (Wildman–Crippen MR) is 94.2 cm³/mol. The second-order valence-electron chi connectivity index (χ2n) is 7.06. The van der Waals surface area contributed by atoms with E-state index in [1.807, 2.05) is 0 Å². The minimum Gasteiger partial charge on any atom is -0.122 e. The molecule has 1 unspecified atom stereocenters. The molecule has 0 bridgehead atoms. The highest BCUT2D eigenvalue weighted by atomic mass is 35.5. The van der Waals surface area contributed by atoms with Gasteiger partial charge in [0.25, 0.3) is 0 Å². The number of hydrogen-bond donors (Lipinski definition) is 0. The van der Waals surface area contributed by atoms with Crippen LogP contribution in [0.4, 0.5) is 0 Å². The van der Waals surface area contributed by atoms with Crippen molar-refractivity contribution in [2.24, 2.45) is 11.8 Å². The molecule has 21 heavy (non-hydrogen) atoms. The van der Waals surface area contributed by atoms with Crippen molar-refractivity contribution in [2.75, 3.05) is 0 Å². The first-order chi connectivity index (χ1) is 10.1. The Bertz CT molecular complexity index is 429. The van der Waals surface area contributed by atoms with Crippen molar-refractivity contribution in [3.8, 4) is 0 Å². The van der Waals surface area contributed by atoms with Gasteiger partial charge in [0.1, 0.15) is 0 Å². The quantitative estimate of drug-likeness (QED) is 0.530. The Balaban J connectivity index is 1.81. The predicted octanol–water partition coefficient (Wildman–Crippen LogP) is 6.45. The second kappa shape index (κ2) is 8.22. The van der Waals surface area contributed by atoms with Gasteiger partial charge in [-0.1, -0.05) is 57.2 Å². The molecule has 1 aromatic carbocycles. The van der Waals surface area contributed by atoms with Crippen LogP contribution < -0.4 is 0 Å². The summed E-state index contributed by atoms with van der Waals surface area (Å²) in [6.07, 6.45) is 10.7. The summed E-state index contributed by atoms with van der Waals surface area (Å²) in [6, 6.07) is 6.80. The first kappa shape index (κ1) is 16.9. The van der Waals surface area contributed by atoms with E-state index in [-0.39, 0.29) is 0 Å². The maximum Gasteiger partial charge on any atom is 0.0404 e. The fourth-order valence-corrected chi connectivity index (χ4v) is 4.08. The van der Waals surface area contributed by atoms with Gasteiger partial charge in [0.05, 0.1) is 0 Å². The minimum absolute atomic E-state index is 0.319. The van der Waals surface area contributed by atoms with E-state index in [0.717, 1.165) is 18.3 Å². The van der Waals surface area contributed by atoms with Crippen LogP contribution in [0, 0.1) is 25.7 Å². The van der Waals surface area contributed by atoms with Crippen molar-refractivity contribution in [2.45, 2.75) is 77.5 Å². The van der Waals surface area contributed by atoms with E-state index in [9.17, 15) is 0 Å². The number of alkyl halides is 1. The van der Waals surface area contributed by atoms with Crippen LogP contribution in [-0.4, -0.2) is 5.38 Å². The van der Waals surface area contributed by atoms with Gasteiger partial charge in [-0.25, -0.2) is 0 Å². The zero-order valence-corrected chi connectivity index (χ0v) is 14.8. The molecule has 0 radical (unpaired) electrons. The van der Waals surface area contributed by atoms with E-state index >= 15 is 0 Å². The standard InChI is InChI=1S/C20H31Cl/c1-4-5-6-17-9-11-19(12-10-17)20(21)14-18-8-7-15(2)16(3)13-18/h7-8,13,17,19-20H,4-6,9-12,14H2,1-3H3. The lowest BCUT2D eigenvalue weighted by atomic mass is 9.77. The molecule has 1 aliphatic carbocycles. The first-order valence-corrected chi connectivity index (χ1v) is 9.24. The third kappa shape index (κ3) is 5.02. The Morgan fingerprint density at radius 1 is 1.10 bits per heavy atom. The normalized spacial score (nSPS) is 24.0. The number of rotatable bonds is 6. The molecule has 1 saturated carbocycles. The van der Waals surface area contributed by atoms with Gasteiger partial charge in [0.15, 0.2) is 0 Å². The molecule has 0 nitrogen and oxygen atoms in total. The topological polar surface area (TPSA) is 0 Å². The van der Waals surface area contributed by atoms with Gasteiger partial charge in [-0.15, -0.1) is 11.6 Å². The Morgan fingerprint density at radius 3 is 2.43 bits per heavy atom. The van der Waals surface area contributed by atoms with Gasteiger partial charge in [-0.05, 0) is 61.6 Å². The Kier molecular flexibility index (Phi) is 6.61. The highest BCUT2D eigenvalue weighted by Crippen LogP contribution is 2.36. The van der Waals surface area contributed by atoms with Crippen LogP contribution in [0.5, 0.6) is 0 Å². The van der Waals surface area contributed by atoms with Gasteiger partial charge >= 0.3 is 0 Å². The van der Waals surface area contributed by atoms with Crippen LogP contribution in [-0.2, 0) is 6.42 Å². The van der Waals surface area contributed by atoms with Crippen LogP contribution in [0.3, 0.4) is 0 Å². The fraction of sp³-hybridized carbons (Fsp3) is 0.700. The van der Waals surface area contributed by atoms with E-state index in [0.29, 0.717) is 5.38 Å². The molecule has 0 aromatic heterocycles. The zero-order chi connectivity index (χ0) is 15.2. The number of benzene rings is 1. The molecule has 1 fully saturated rings. The molecular weight excluding hydrogens is 276 g/mol. The molecule has 118 valence electrons. The summed E-state index contributed by atoms with van der Waals surface area (Å²) in [5.41, 5.74) is 4.17. The zero-order valence-electron chi connectivity index (χ0n) is 14.0. The minimum atomic E-state index is 0.319. The van der Waals surface area contributed by atoms with Crippen molar-refractivity contribution in [1.29, 1.82) is 0 Å². The molecule has 1 aromatic rings. The van der Waals surface area contributed by atoms with E-state index in [1.54, 1.807) is 0 Å². The lowest BCUT2D eigenvalue weighted by molar-refractivity contribution is 0.253. The number of hydrogen-bond acceptors (Lipinski definition) is 0. The van der Waals surface area contributed by atoms with Gasteiger partial charge in [-0.3, -0.25) is 0 Å². The first-order valence-electron chi connectivity index (χ1n) is 8.80. The summed E-state index contributed by atoms with van der Waals surface area (Å²) in [6.45, 7) is 6.67. The lowest BCUT2D eigenvalue weighted by Crippen LogP contribution is -2.23. The summed E-state index contributed by atoms with van der Waals surface area (Å²) >= 11 is 6.74. The number of halogens is 1. The van der Waals surface area contributed by atoms with E-state index in [1.165, 1.54) is 61.6 Å². The van der Waals surface area contributed by atoms with Gasteiger partial charge < -0.3 is 0 Å². The smallest absolute Gasteiger partial charge is 0.0404 e. The molecule has 0 aliphatic heterocycles. The second-order valence-corrected chi connectivity index (χ2v) is 7.62. The van der Waals surface area contributed by atoms with E-state index in [4.69, 9.17) is 11.6 Å². The molecule has 0 amide bonds. The fourth-order valence-electron chi connectivity index (χ4n) is 3.65. The lowest BCUT2D eigenvalue weighted by Gasteiger charge is -2.31. The summed E-state index contributed by atoms with van der Waals surface area (Å²) in [5, 5.41) is 0.319. The molecule has 0 heterocycles. The molecule has 1 atom stereocenters. The van der Waals surface area contributed by atoms with E-state index in [2.05, 4.69) is 39.0 Å². The average Bonchev–Trinajstić information content (AvgIpc) is 2.49. The van der Waals surface area contributed by atoms with Crippen LogP contribution in [0.25, 0.3) is 0 Å². The maximum atomic E-state index is 6.74. The number of aryl methyl sites for hydroxylation is 2. The van der Waals surface area contributed by atoms with Crippen molar-refractivity contribution in [3.05, 3.63) is 34.9 Å². The average molecular weight is 307 g/mol. The van der Waals surface area contributed by atoms with Crippen LogP contribution in [0.1, 0.15) is 68.6 Å². The summed E-state index contributed by atoms with van der Waals surface area (Å²) in [5.74, 6) is 1.71. The SMILES string of the molecule is CCCCC1CCC(C(Cl)Cc2ccc(C)c(C)c2)CC1. The summed E-state index contributed by atoms with van der Waals surface area (Å²) in [4.78, 5) is 0. The number of unbranched alkanes of at least 4 members (excludes halogenated alkanes) is 1. The largest absolute Gasteiger partial charge is 0.122 e. The van der Waals surface area contributed by atoms with Crippen LogP contribution >= 0.6 is 11.6 Å². The van der Waals surface area contributed by atoms with Crippen LogP contribution in [0.2, 0.25) is 0 Å². The molecule has 2 rings (SSSR count).